The van der Waals surface area contributed by atoms with Crippen LogP contribution in [0.25, 0.3) is 11.1 Å². The van der Waals surface area contributed by atoms with Crippen LogP contribution in [-0.2, 0) is 0 Å². The molecule has 2 heteroatoms. The summed E-state index contributed by atoms with van der Waals surface area (Å²) < 4.78 is 2.96. The van der Waals surface area contributed by atoms with Crippen molar-refractivity contribution in [3.8, 4) is 11.1 Å². The van der Waals surface area contributed by atoms with Gasteiger partial charge in [0.25, 0.3) is 0 Å². The van der Waals surface area contributed by atoms with E-state index in [1.165, 1.54) is 45.7 Å². The summed E-state index contributed by atoms with van der Waals surface area (Å²) in [7, 11) is 0. The summed E-state index contributed by atoms with van der Waals surface area (Å²) in [5.74, 6) is 0.584. The van der Waals surface area contributed by atoms with E-state index in [4.69, 9.17) is 0 Å². The molecule has 0 nitrogen and oxygen atoms in total. The Kier molecular flexibility index (Phi) is 10.8. The van der Waals surface area contributed by atoms with Crippen LogP contribution < -0.4 is 43.1 Å². The zero-order chi connectivity index (χ0) is 32.3. The molecule has 47 heavy (non-hydrogen) atoms. The first-order valence-electron chi connectivity index (χ1n) is 16.4. The number of halogens is 1. The lowest BCUT2D eigenvalue weighted by atomic mass is 9.13. The maximum atomic E-state index is 2.28. The molecule has 7 aromatic carbocycles. The van der Waals surface area contributed by atoms with Crippen LogP contribution in [-0.4, -0.2) is 6.15 Å². The van der Waals surface area contributed by atoms with Crippen molar-refractivity contribution in [2.24, 2.45) is 0 Å². The van der Waals surface area contributed by atoms with E-state index in [0.717, 1.165) is 0 Å². The summed E-state index contributed by atoms with van der Waals surface area (Å²) in [6.07, 6.45) is -1.22. The molecule has 0 atom stereocenters. The minimum atomic E-state index is -1.22. The molecule has 0 heterocycles. The summed E-state index contributed by atoms with van der Waals surface area (Å²) in [5.41, 5.74) is 9.47. The standard InChI is InChI=1S/C24H20B.C21H20I/c1-5-13-21(14-6-1)25(22-15-7-2-8-16-22,23-17-9-3-10-18-23)24-19-11-4-12-20-24;1-16(2)17-12-14-18(15-13-17)20-10-6-7-11-21(20)22-19-8-4-3-5-9-19/h1-20H;3-16H,1-2H3/q-1;+1. The van der Waals surface area contributed by atoms with Gasteiger partial charge < -0.3 is 0 Å². The van der Waals surface area contributed by atoms with Gasteiger partial charge in [-0.3, -0.25) is 0 Å². The number of rotatable bonds is 8. The molecule has 0 unspecified atom stereocenters. The third kappa shape index (κ3) is 7.50. The molecule has 0 spiro atoms. The molecule has 0 N–H and O–H groups in total. The third-order valence-electron chi connectivity index (χ3n) is 8.90. The Balaban J connectivity index is 0.000000166. The molecule has 0 radical (unpaired) electrons. The minimum Gasteiger partial charge on any atom is -0.195 e. The van der Waals surface area contributed by atoms with E-state index in [9.17, 15) is 0 Å². The Labute approximate surface area is 291 Å². The molecule has 0 saturated heterocycles. The maximum absolute atomic E-state index is 2.28. The van der Waals surface area contributed by atoms with E-state index in [1.807, 2.05) is 0 Å². The molecular formula is C45H40BI. The molecule has 0 saturated carbocycles. The van der Waals surface area contributed by atoms with Gasteiger partial charge in [0.15, 0.2) is 3.57 Å². The lowest BCUT2D eigenvalue weighted by Crippen LogP contribution is -3.61. The molecule has 230 valence electrons. The first-order chi connectivity index (χ1) is 23.2. The normalized spacial score (nSPS) is 11.0. The number of hydrogen-bond acceptors (Lipinski definition) is 0. The van der Waals surface area contributed by atoms with E-state index in [-0.39, 0.29) is 21.2 Å². The molecule has 7 rings (SSSR count). The van der Waals surface area contributed by atoms with Crippen LogP contribution in [0, 0.1) is 7.14 Å². The Morgan fingerprint density at radius 1 is 0.383 bits per heavy atom. The fourth-order valence-corrected chi connectivity index (χ4v) is 9.16. The van der Waals surface area contributed by atoms with E-state index in [1.54, 1.807) is 0 Å². The van der Waals surface area contributed by atoms with Gasteiger partial charge in [-0.25, -0.2) is 0 Å². The lowest BCUT2D eigenvalue weighted by Gasteiger charge is -2.44. The Morgan fingerprint density at radius 2 is 0.745 bits per heavy atom. The third-order valence-corrected chi connectivity index (χ3v) is 11.8. The topological polar surface area (TPSA) is 0 Å². The summed E-state index contributed by atoms with van der Waals surface area (Å²) in [6, 6.07) is 72.3. The van der Waals surface area contributed by atoms with Gasteiger partial charge in [0, 0.05) is 5.56 Å². The van der Waals surface area contributed by atoms with Gasteiger partial charge in [0.2, 0.25) is 3.57 Å². The fraction of sp³-hybridized carbons (Fsp3) is 0.0667. The fourth-order valence-electron chi connectivity index (χ4n) is 6.54. The quantitative estimate of drug-likeness (QED) is 0.141. The highest BCUT2D eigenvalue weighted by Crippen LogP contribution is 2.22. The van der Waals surface area contributed by atoms with Gasteiger partial charge in [-0.15, -0.1) is 0 Å². The van der Waals surface area contributed by atoms with Crippen molar-refractivity contribution in [1.82, 2.24) is 0 Å². The molecule has 0 aromatic heterocycles. The van der Waals surface area contributed by atoms with Crippen LogP contribution in [0.4, 0.5) is 0 Å². The van der Waals surface area contributed by atoms with E-state index < -0.39 is 6.15 Å². The molecule has 0 aliphatic rings. The summed E-state index contributed by atoms with van der Waals surface area (Å²) in [5, 5.41) is 0. The van der Waals surface area contributed by atoms with Crippen LogP contribution in [0.5, 0.6) is 0 Å². The van der Waals surface area contributed by atoms with Gasteiger partial charge in [0.1, 0.15) is 6.15 Å². The van der Waals surface area contributed by atoms with Crippen molar-refractivity contribution in [3.05, 3.63) is 213 Å². The minimum absolute atomic E-state index is 0.139. The molecule has 7 aromatic rings. The Hall–Kier alpha value is -4.67. The summed E-state index contributed by atoms with van der Waals surface area (Å²) in [4.78, 5) is 0. The predicted molar refractivity (Wildman–Crippen MR) is 200 cm³/mol. The van der Waals surface area contributed by atoms with E-state index in [2.05, 4.69) is 214 Å². The van der Waals surface area contributed by atoms with Crippen molar-refractivity contribution in [2.45, 2.75) is 19.8 Å². The van der Waals surface area contributed by atoms with Gasteiger partial charge in [-0.1, -0.05) is 190 Å². The highest BCUT2D eigenvalue weighted by Gasteiger charge is 2.31. The van der Waals surface area contributed by atoms with Crippen molar-refractivity contribution in [2.75, 3.05) is 0 Å². The van der Waals surface area contributed by atoms with Crippen LogP contribution in [0.3, 0.4) is 0 Å². The molecule has 0 amide bonds. The molecule has 0 fully saturated rings. The van der Waals surface area contributed by atoms with Gasteiger partial charge in [0.05, 0.1) is 0 Å². The Bertz CT molecular complexity index is 1770. The maximum Gasteiger partial charge on any atom is 0.358 e. The van der Waals surface area contributed by atoms with Crippen molar-refractivity contribution in [3.63, 3.8) is 0 Å². The highest BCUT2D eigenvalue weighted by atomic mass is 127. The first-order valence-corrected chi connectivity index (χ1v) is 18.6. The van der Waals surface area contributed by atoms with E-state index in [0.29, 0.717) is 5.92 Å². The number of hydrogen-bond donors (Lipinski definition) is 0. The summed E-state index contributed by atoms with van der Waals surface area (Å²) >= 11 is -0.139. The second-order valence-corrected chi connectivity index (χ2v) is 15.1. The molecule has 0 aliphatic carbocycles. The first kappa shape index (κ1) is 32.3. The second-order valence-electron chi connectivity index (χ2n) is 12.2. The average Bonchev–Trinajstić information content (AvgIpc) is 3.15. The van der Waals surface area contributed by atoms with Crippen LogP contribution in [0.1, 0.15) is 25.3 Å². The average molecular weight is 719 g/mol. The van der Waals surface area contributed by atoms with Crippen molar-refractivity contribution < 1.29 is 21.2 Å². The van der Waals surface area contributed by atoms with Gasteiger partial charge in [-0.2, -0.15) is 21.9 Å². The van der Waals surface area contributed by atoms with Crippen LogP contribution in [0.2, 0.25) is 0 Å². The molecule has 0 bridgehead atoms. The SMILES string of the molecule is CC(C)c1ccc(-c2ccccc2[I+]c2ccccc2)cc1.c1ccc([B-](c2ccccc2)(c2ccccc2)c2ccccc2)cc1. The molecular weight excluding hydrogens is 678 g/mol. The monoisotopic (exact) mass is 718 g/mol. The highest BCUT2D eigenvalue weighted by molar-refractivity contribution is 7.19. The van der Waals surface area contributed by atoms with Crippen molar-refractivity contribution in [1.29, 1.82) is 0 Å². The summed E-state index contributed by atoms with van der Waals surface area (Å²) in [6.45, 7) is 4.48. The Morgan fingerprint density at radius 3 is 1.15 bits per heavy atom. The smallest absolute Gasteiger partial charge is 0.195 e. The predicted octanol–water partition coefficient (Wildman–Crippen LogP) is 5.67. The second kappa shape index (κ2) is 15.8. The van der Waals surface area contributed by atoms with Gasteiger partial charge in [-0.05, 0) is 41.3 Å². The van der Waals surface area contributed by atoms with Crippen LogP contribution in [0.15, 0.2) is 200 Å². The van der Waals surface area contributed by atoms with E-state index >= 15 is 0 Å². The van der Waals surface area contributed by atoms with Crippen LogP contribution >= 0.6 is 0 Å². The number of benzene rings is 7. The lowest BCUT2D eigenvalue weighted by molar-refractivity contribution is -0.596. The van der Waals surface area contributed by atoms with Crippen molar-refractivity contribution >= 4 is 28.0 Å². The molecule has 0 aliphatic heterocycles. The largest absolute Gasteiger partial charge is 0.358 e. The van der Waals surface area contributed by atoms with Gasteiger partial charge >= 0.3 is 21.2 Å². The zero-order valence-corrected chi connectivity index (χ0v) is 29.2. The zero-order valence-electron chi connectivity index (χ0n) is 27.1.